The third-order valence-corrected chi connectivity index (χ3v) is 1.15. The highest BCUT2D eigenvalue weighted by atomic mass is 16.5. The van der Waals surface area contributed by atoms with Crippen molar-refractivity contribution < 1.29 is 23.9 Å². The van der Waals surface area contributed by atoms with Gasteiger partial charge in [0.2, 0.25) is 0 Å². The summed E-state index contributed by atoms with van der Waals surface area (Å²) < 4.78 is 8.85. The van der Waals surface area contributed by atoms with Gasteiger partial charge in [-0.15, -0.1) is 0 Å². The summed E-state index contributed by atoms with van der Waals surface area (Å²) in [5.41, 5.74) is 0.00713. The van der Waals surface area contributed by atoms with Gasteiger partial charge >= 0.3 is 11.9 Å². The van der Waals surface area contributed by atoms with Crippen molar-refractivity contribution in [3.05, 3.63) is 11.6 Å². The van der Waals surface area contributed by atoms with Crippen LogP contribution in [-0.2, 0) is 23.9 Å². The van der Waals surface area contributed by atoms with Crippen molar-refractivity contribution in [2.45, 2.75) is 6.92 Å². The zero-order chi connectivity index (χ0) is 10.3. The molecule has 0 aromatic heterocycles. The van der Waals surface area contributed by atoms with Crippen LogP contribution in [0.3, 0.4) is 0 Å². The van der Waals surface area contributed by atoms with Gasteiger partial charge in [0.1, 0.15) is 12.9 Å². The van der Waals surface area contributed by atoms with E-state index in [1.165, 1.54) is 14.0 Å². The van der Waals surface area contributed by atoms with Gasteiger partial charge in [-0.25, -0.2) is 4.79 Å². The van der Waals surface area contributed by atoms with Gasteiger partial charge < -0.3 is 9.47 Å². The summed E-state index contributed by atoms with van der Waals surface area (Å²) in [5.74, 6) is -1.21. The molecule has 0 spiro atoms. The summed E-state index contributed by atoms with van der Waals surface area (Å²) >= 11 is 0. The van der Waals surface area contributed by atoms with E-state index in [1.807, 2.05) is 0 Å². The molecule has 0 aromatic rings. The minimum atomic E-state index is -0.687. The van der Waals surface area contributed by atoms with Gasteiger partial charge in [0, 0.05) is 6.92 Å². The molecule has 0 bridgehead atoms. The Morgan fingerprint density at radius 2 is 2.00 bits per heavy atom. The van der Waals surface area contributed by atoms with Crippen LogP contribution in [0.5, 0.6) is 0 Å². The maximum absolute atomic E-state index is 10.9. The smallest absolute Gasteiger partial charge is 0.337 e. The summed E-state index contributed by atoms with van der Waals surface area (Å²) in [4.78, 5) is 31.3. The van der Waals surface area contributed by atoms with Crippen LogP contribution in [0.2, 0.25) is 0 Å². The van der Waals surface area contributed by atoms with E-state index in [1.54, 1.807) is 0 Å². The molecule has 0 aromatic carbocycles. The molecule has 0 atom stereocenters. The molecule has 0 heterocycles. The van der Waals surface area contributed by atoms with E-state index >= 15 is 0 Å². The number of rotatable bonds is 4. The van der Waals surface area contributed by atoms with Gasteiger partial charge in [-0.2, -0.15) is 0 Å². The average Bonchev–Trinajstić information content (AvgIpc) is 2.10. The van der Waals surface area contributed by atoms with Gasteiger partial charge in [0.15, 0.2) is 0 Å². The Bertz CT molecular complexity index is 241. The molecule has 0 saturated heterocycles. The SMILES string of the molecule is COC(=O)/C(=C/C=O)COC(C)=O. The molecule has 0 saturated carbocycles. The molecule has 0 amide bonds. The fraction of sp³-hybridized carbons (Fsp3) is 0.375. The Labute approximate surface area is 75.3 Å². The van der Waals surface area contributed by atoms with E-state index in [2.05, 4.69) is 9.47 Å². The summed E-state index contributed by atoms with van der Waals surface area (Å²) in [6.07, 6.45) is 1.42. The third-order valence-electron chi connectivity index (χ3n) is 1.15. The number of esters is 2. The Morgan fingerprint density at radius 3 is 2.38 bits per heavy atom. The molecule has 0 unspecified atom stereocenters. The van der Waals surface area contributed by atoms with Crippen LogP contribution in [0, 0.1) is 0 Å². The molecule has 5 nitrogen and oxygen atoms in total. The van der Waals surface area contributed by atoms with Crippen LogP contribution in [0.1, 0.15) is 6.92 Å². The summed E-state index contributed by atoms with van der Waals surface area (Å²) in [7, 11) is 1.18. The maximum atomic E-state index is 10.9. The van der Waals surface area contributed by atoms with Crippen molar-refractivity contribution in [3.63, 3.8) is 0 Å². The first-order valence-electron chi connectivity index (χ1n) is 3.47. The number of allylic oxidation sites excluding steroid dienone is 1. The fourth-order valence-electron chi connectivity index (χ4n) is 0.568. The Morgan fingerprint density at radius 1 is 1.38 bits per heavy atom. The van der Waals surface area contributed by atoms with Crippen LogP contribution in [0.15, 0.2) is 11.6 Å². The molecular weight excluding hydrogens is 176 g/mol. The minimum Gasteiger partial charge on any atom is -0.466 e. The highest BCUT2D eigenvalue weighted by molar-refractivity contribution is 5.93. The lowest BCUT2D eigenvalue weighted by molar-refractivity contribution is -0.142. The summed E-state index contributed by atoms with van der Waals surface area (Å²) in [6, 6.07) is 0. The molecule has 72 valence electrons. The second-order valence-corrected chi connectivity index (χ2v) is 2.10. The van der Waals surface area contributed by atoms with Crippen molar-refractivity contribution in [2.75, 3.05) is 13.7 Å². The lowest BCUT2D eigenvalue weighted by atomic mass is 10.3. The lowest BCUT2D eigenvalue weighted by Gasteiger charge is -2.03. The second kappa shape index (κ2) is 5.93. The molecule has 0 N–H and O–H groups in total. The minimum absolute atomic E-state index is 0.00713. The van der Waals surface area contributed by atoms with E-state index in [0.29, 0.717) is 6.29 Å². The van der Waals surface area contributed by atoms with Crippen LogP contribution >= 0.6 is 0 Å². The molecule has 0 fully saturated rings. The van der Waals surface area contributed by atoms with Crippen LogP contribution in [-0.4, -0.2) is 31.9 Å². The maximum Gasteiger partial charge on any atom is 0.337 e. The molecule has 5 heteroatoms. The number of carbonyl (C=O) groups excluding carboxylic acids is 3. The number of aldehydes is 1. The molecular formula is C8H10O5. The summed E-state index contributed by atoms with van der Waals surface area (Å²) in [5, 5.41) is 0. The molecule has 0 rings (SSSR count). The lowest BCUT2D eigenvalue weighted by Crippen LogP contribution is -2.13. The predicted molar refractivity (Wildman–Crippen MR) is 42.8 cm³/mol. The van der Waals surface area contributed by atoms with E-state index in [0.717, 1.165) is 6.08 Å². The standard InChI is InChI=1S/C8H10O5/c1-6(10)13-5-7(3-4-9)8(11)12-2/h3-4H,5H2,1-2H3/b7-3+. The zero-order valence-electron chi connectivity index (χ0n) is 7.40. The predicted octanol–water partition coefficient (Wildman–Crippen LogP) is -0.152. The molecule has 13 heavy (non-hydrogen) atoms. The van der Waals surface area contributed by atoms with Gasteiger partial charge in [-0.1, -0.05) is 0 Å². The van der Waals surface area contributed by atoms with E-state index in [4.69, 9.17) is 0 Å². The number of ether oxygens (including phenoxy) is 2. The molecule has 0 radical (unpaired) electrons. The van der Waals surface area contributed by atoms with Crippen molar-refractivity contribution in [3.8, 4) is 0 Å². The van der Waals surface area contributed by atoms with E-state index in [-0.39, 0.29) is 12.2 Å². The average molecular weight is 186 g/mol. The monoisotopic (exact) mass is 186 g/mol. The Kier molecular flexibility index (Phi) is 5.18. The number of methoxy groups -OCH3 is 1. The second-order valence-electron chi connectivity index (χ2n) is 2.10. The van der Waals surface area contributed by atoms with Gasteiger partial charge in [-0.05, 0) is 6.08 Å². The van der Waals surface area contributed by atoms with Crippen molar-refractivity contribution in [2.24, 2.45) is 0 Å². The van der Waals surface area contributed by atoms with Crippen LogP contribution in [0.25, 0.3) is 0 Å². The van der Waals surface area contributed by atoms with Gasteiger partial charge in [-0.3, -0.25) is 9.59 Å². The third kappa shape index (κ3) is 4.73. The Hall–Kier alpha value is -1.65. The van der Waals surface area contributed by atoms with E-state index < -0.39 is 11.9 Å². The van der Waals surface area contributed by atoms with Crippen molar-refractivity contribution in [1.82, 2.24) is 0 Å². The van der Waals surface area contributed by atoms with Gasteiger partial charge in [0.25, 0.3) is 0 Å². The quantitative estimate of drug-likeness (QED) is 0.347. The first-order valence-corrected chi connectivity index (χ1v) is 3.47. The molecule has 0 aliphatic rings. The van der Waals surface area contributed by atoms with Crippen molar-refractivity contribution in [1.29, 1.82) is 0 Å². The number of hydrogen-bond acceptors (Lipinski definition) is 5. The van der Waals surface area contributed by atoms with E-state index in [9.17, 15) is 14.4 Å². The fourth-order valence-corrected chi connectivity index (χ4v) is 0.568. The van der Waals surface area contributed by atoms with Crippen LogP contribution < -0.4 is 0 Å². The van der Waals surface area contributed by atoms with Gasteiger partial charge in [0.05, 0.1) is 12.7 Å². The first kappa shape index (κ1) is 11.4. The van der Waals surface area contributed by atoms with Crippen LogP contribution in [0.4, 0.5) is 0 Å². The highest BCUT2D eigenvalue weighted by Gasteiger charge is 2.10. The largest absolute Gasteiger partial charge is 0.466 e. The topological polar surface area (TPSA) is 69.7 Å². The highest BCUT2D eigenvalue weighted by Crippen LogP contribution is 1.97. The number of carbonyl (C=O) groups is 3. The first-order chi connectivity index (χ1) is 6.11. The molecule has 0 aliphatic heterocycles. The van der Waals surface area contributed by atoms with Crippen molar-refractivity contribution >= 4 is 18.2 Å². The normalized spacial score (nSPS) is 10.5. The number of hydrogen-bond donors (Lipinski definition) is 0. The summed E-state index contributed by atoms with van der Waals surface area (Å²) in [6.45, 7) is 0.955. The molecule has 0 aliphatic carbocycles. The Balaban J connectivity index is 4.27. The zero-order valence-corrected chi connectivity index (χ0v) is 7.40.